The molecule has 3 rings (SSSR count). The molecule has 0 N–H and O–H groups in total. The zero-order valence-electron chi connectivity index (χ0n) is 29.5. The van der Waals surface area contributed by atoms with Crippen molar-refractivity contribution in [2.24, 2.45) is 0 Å². The van der Waals surface area contributed by atoms with Crippen LogP contribution in [0, 0.1) is 29.5 Å². The van der Waals surface area contributed by atoms with E-state index in [1.165, 1.54) is 76.2 Å². The standard InChI is InChI=1S/C41H33FO11/c1-10-48-35-31(21-15-27-13-19-30(20-14-27)50-41(47)53-40(46)26(8)9)33(42)34(51-38(44)24(4)5)32(36(35)52-39(45)25(6)7)22-16-28-11-17-29(18-12-28)49-37(43)23(2)3/h11-14,17-20H,2,4,6,8,10H2,1,3,5,7,9H3. The minimum Gasteiger partial charge on any atom is -0.489 e. The van der Waals surface area contributed by atoms with Crippen LogP contribution in [0.4, 0.5) is 9.18 Å². The minimum absolute atomic E-state index is 0.00329. The zero-order valence-corrected chi connectivity index (χ0v) is 29.5. The summed E-state index contributed by atoms with van der Waals surface area (Å²) in [6, 6.07) is 11.5. The van der Waals surface area contributed by atoms with Crippen LogP contribution in [0.15, 0.2) is 97.1 Å². The second-order valence-electron chi connectivity index (χ2n) is 11.1. The topological polar surface area (TPSA) is 141 Å². The molecule has 0 bridgehead atoms. The maximum absolute atomic E-state index is 16.6. The first kappa shape index (κ1) is 40.3. The Labute approximate surface area is 305 Å². The molecule has 3 aromatic rings. The molecule has 3 aromatic carbocycles. The molecule has 12 heteroatoms. The van der Waals surface area contributed by atoms with Crippen molar-refractivity contribution in [2.75, 3.05) is 6.61 Å². The largest absolute Gasteiger partial charge is 0.521 e. The van der Waals surface area contributed by atoms with Crippen molar-refractivity contribution in [1.29, 1.82) is 0 Å². The molecule has 0 spiro atoms. The van der Waals surface area contributed by atoms with Crippen LogP contribution in [0.5, 0.6) is 28.7 Å². The fraction of sp³-hybridized carbons (Fsp3) is 0.146. The second-order valence-corrected chi connectivity index (χ2v) is 11.1. The molecule has 0 amide bonds. The summed E-state index contributed by atoms with van der Waals surface area (Å²) in [5.41, 5.74) is -0.124. The van der Waals surface area contributed by atoms with E-state index >= 15 is 4.39 Å². The number of ether oxygens (including phenoxy) is 6. The van der Waals surface area contributed by atoms with Gasteiger partial charge < -0.3 is 28.4 Å². The fourth-order valence-corrected chi connectivity index (χ4v) is 3.67. The van der Waals surface area contributed by atoms with Gasteiger partial charge >= 0.3 is 30.0 Å². The Balaban J connectivity index is 2.21. The van der Waals surface area contributed by atoms with Crippen LogP contribution >= 0.6 is 0 Å². The number of halogens is 1. The summed E-state index contributed by atoms with van der Waals surface area (Å²) in [6.07, 6.45) is -1.28. The molecule has 270 valence electrons. The van der Waals surface area contributed by atoms with Gasteiger partial charge in [0.2, 0.25) is 0 Å². The molecule has 53 heavy (non-hydrogen) atoms. The highest BCUT2D eigenvalue weighted by molar-refractivity contribution is 5.94. The van der Waals surface area contributed by atoms with E-state index in [2.05, 4.69) is 54.7 Å². The van der Waals surface area contributed by atoms with E-state index in [-0.39, 0.29) is 57.3 Å². The summed E-state index contributed by atoms with van der Waals surface area (Å²) in [4.78, 5) is 61.0. The molecule has 0 radical (unpaired) electrons. The van der Waals surface area contributed by atoms with Crippen molar-refractivity contribution in [3.05, 3.63) is 125 Å². The van der Waals surface area contributed by atoms with Crippen molar-refractivity contribution < 1.29 is 56.8 Å². The maximum atomic E-state index is 16.6. The minimum atomic E-state index is -1.28. The zero-order chi connectivity index (χ0) is 39.4. The number of carbonyl (C=O) groups is 5. The lowest BCUT2D eigenvalue weighted by Gasteiger charge is -2.18. The number of carbonyl (C=O) groups excluding carboxylic acids is 5. The smallest absolute Gasteiger partial charge is 0.489 e. The molecule has 0 fully saturated rings. The molecule has 11 nitrogen and oxygen atoms in total. The highest BCUT2D eigenvalue weighted by Gasteiger charge is 2.30. The summed E-state index contributed by atoms with van der Waals surface area (Å²) in [5.74, 6) is 4.91. The third kappa shape index (κ3) is 11.2. The van der Waals surface area contributed by atoms with Crippen molar-refractivity contribution in [3.8, 4) is 52.4 Å². The monoisotopic (exact) mass is 720 g/mol. The lowest BCUT2D eigenvalue weighted by Crippen LogP contribution is -2.16. The molecule has 0 heterocycles. The first-order valence-corrected chi connectivity index (χ1v) is 15.5. The van der Waals surface area contributed by atoms with Gasteiger partial charge in [-0.3, -0.25) is 0 Å². The number of esters is 4. The molecule has 0 aliphatic carbocycles. The first-order valence-electron chi connectivity index (χ1n) is 15.5. The number of hydrogen-bond donors (Lipinski definition) is 0. The van der Waals surface area contributed by atoms with Crippen molar-refractivity contribution in [3.63, 3.8) is 0 Å². The highest BCUT2D eigenvalue weighted by Crippen LogP contribution is 2.44. The number of hydrogen-bond acceptors (Lipinski definition) is 11. The fourth-order valence-electron chi connectivity index (χ4n) is 3.67. The van der Waals surface area contributed by atoms with Crippen LogP contribution in [0.2, 0.25) is 0 Å². The SMILES string of the molecule is C=C(C)C(=O)OC(=O)Oc1ccc(C#Cc2c(F)c(OC(=O)C(=C)C)c(C#Cc3ccc(OC(=O)C(=C)C)cc3)c(OC(=O)C(=C)C)c2OCC)cc1. The molecule has 0 saturated carbocycles. The molecule has 0 unspecified atom stereocenters. The van der Waals surface area contributed by atoms with E-state index in [4.69, 9.17) is 23.7 Å². The van der Waals surface area contributed by atoms with Crippen LogP contribution in [0.25, 0.3) is 0 Å². The van der Waals surface area contributed by atoms with E-state index < -0.39 is 52.9 Å². The summed E-state index contributed by atoms with van der Waals surface area (Å²) in [7, 11) is 0. The molecular weight excluding hydrogens is 687 g/mol. The van der Waals surface area contributed by atoms with Crippen LogP contribution in [-0.2, 0) is 23.9 Å². The van der Waals surface area contributed by atoms with Crippen LogP contribution in [0.3, 0.4) is 0 Å². The normalized spacial score (nSPS) is 9.77. The second kappa shape index (κ2) is 18.2. The quantitative estimate of drug-likeness (QED) is 0.0530. The van der Waals surface area contributed by atoms with E-state index in [1.54, 1.807) is 6.92 Å². The van der Waals surface area contributed by atoms with Crippen molar-refractivity contribution in [2.45, 2.75) is 34.6 Å². The van der Waals surface area contributed by atoms with Gasteiger partial charge in [-0.25, -0.2) is 28.4 Å². The number of benzene rings is 3. The van der Waals surface area contributed by atoms with Crippen molar-refractivity contribution in [1.82, 2.24) is 0 Å². The Kier molecular flexibility index (Phi) is 13.8. The predicted molar refractivity (Wildman–Crippen MR) is 191 cm³/mol. The van der Waals surface area contributed by atoms with Crippen LogP contribution < -0.4 is 23.7 Å². The Morgan fingerprint density at radius 2 is 0.962 bits per heavy atom. The maximum Gasteiger partial charge on any atom is 0.521 e. The third-order valence-electron chi connectivity index (χ3n) is 6.34. The van der Waals surface area contributed by atoms with Crippen LogP contribution in [0.1, 0.15) is 56.9 Å². The van der Waals surface area contributed by atoms with E-state index in [0.717, 1.165) is 0 Å². The lowest BCUT2D eigenvalue weighted by atomic mass is 10.0. The predicted octanol–water partition coefficient (Wildman–Crippen LogP) is 7.09. The van der Waals surface area contributed by atoms with Gasteiger partial charge in [0.15, 0.2) is 23.1 Å². The Hall–Kier alpha value is -7.18. The Morgan fingerprint density at radius 3 is 1.42 bits per heavy atom. The average Bonchev–Trinajstić information content (AvgIpc) is 3.10. The van der Waals surface area contributed by atoms with Gasteiger partial charge in [-0.1, -0.05) is 50.0 Å². The Morgan fingerprint density at radius 1 is 0.547 bits per heavy atom. The van der Waals surface area contributed by atoms with Gasteiger partial charge in [0.25, 0.3) is 0 Å². The lowest BCUT2D eigenvalue weighted by molar-refractivity contribution is -0.134. The molecule has 0 aromatic heterocycles. The van der Waals surface area contributed by atoms with Gasteiger partial charge in [-0.15, -0.1) is 0 Å². The van der Waals surface area contributed by atoms with Gasteiger partial charge in [0.1, 0.15) is 22.6 Å². The molecule has 0 atom stereocenters. The van der Waals surface area contributed by atoms with E-state index in [9.17, 15) is 24.0 Å². The summed E-state index contributed by atoms with van der Waals surface area (Å²) in [5, 5.41) is 0. The van der Waals surface area contributed by atoms with E-state index in [0.29, 0.717) is 5.56 Å². The highest BCUT2D eigenvalue weighted by atomic mass is 19.1. The first-order chi connectivity index (χ1) is 25.0. The number of rotatable bonds is 10. The summed E-state index contributed by atoms with van der Waals surface area (Å²) in [6.45, 7) is 21.2. The van der Waals surface area contributed by atoms with Crippen molar-refractivity contribution >= 4 is 30.0 Å². The average molecular weight is 721 g/mol. The molecular formula is C41H33FO11. The molecule has 0 saturated heterocycles. The molecule has 0 aliphatic rings. The Bertz CT molecular complexity index is 2170. The summed E-state index contributed by atoms with van der Waals surface area (Å²) >= 11 is 0. The van der Waals surface area contributed by atoms with Gasteiger partial charge in [-0.2, -0.15) is 0 Å². The molecule has 0 aliphatic heterocycles. The van der Waals surface area contributed by atoms with E-state index in [1.807, 2.05) is 0 Å². The third-order valence-corrected chi connectivity index (χ3v) is 6.34. The van der Waals surface area contributed by atoms with Gasteiger partial charge in [0, 0.05) is 33.4 Å². The van der Waals surface area contributed by atoms with Crippen LogP contribution in [-0.4, -0.2) is 36.6 Å². The summed E-state index contributed by atoms with van der Waals surface area (Å²) < 4.78 is 48.0. The van der Waals surface area contributed by atoms with Gasteiger partial charge in [-0.05, 0) is 83.1 Å². The van der Waals surface area contributed by atoms with Gasteiger partial charge in [0.05, 0.1) is 6.61 Å².